The Bertz CT molecular complexity index is 410. The van der Waals surface area contributed by atoms with Crippen molar-refractivity contribution in [2.24, 2.45) is 17.8 Å². The van der Waals surface area contributed by atoms with Crippen LogP contribution in [0.4, 0.5) is 0 Å². The average Bonchev–Trinajstić information content (AvgIpc) is 2.96. The summed E-state index contributed by atoms with van der Waals surface area (Å²) in [5, 5.41) is 8.18. The maximum Gasteiger partial charge on any atom is 0.0524 e. The number of aromatic nitrogens is 2. The van der Waals surface area contributed by atoms with Gasteiger partial charge in [0.25, 0.3) is 0 Å². The third kappa shape index (κ3) is 4.57. The first-order valence-electron chi connectivity index (χ1n) is 8.87. The third-order valence-electron chi connectivity index (χ3n) is 5.04. The molecule has 21 heavy (non-hydrogen) atoms. The smallest absolute Gasteiger partial charge is 0.0524 e. The van der Waals surface area contributed by atoms with E-state index in [-0.39, 0.29) is 0 Å². The first-order chi connectivity index (χ1) is 10.1. The van der Waals surface area contributed by atoms with Crippen molar-refractivity contribution in [2.75, 3.05) is 13.1 Å². The molecular weight excluding hydrogens is 258 g/mol. The average molecular weight is 291 g/mol. The second-order valence-electron chi connectivity index (χ2n) is 7.14. The lowest BCUT2D eigenvalue weighted by Gasteiger charge is -2.36. The van der Waals surface area contributed by atoms with Gasteiger partial charge >= 0.3 is 0 Å². The van der Waals surface area contributed by atoms with Crippen LogP contribution in [-0.4, -0.2) is 22.9 Å². The van der Waals surface area contributed by atoms with E-state index in [1.165, 1.54) is 31.2 Å². The molecule has 1 saturated carbocycles. The van der Waals surface area contributed by atoms with Gasteiger partial charge in [0.05, 0.1) is 6.20 Å². The van der Waals surface area contributed by atoms with E-state index < -0.39 is 0 Å². The summed E-state index contributed by atoms with van der Waals surface area (Å²) in [4.78, 5) is 0. The molecule has 0 aliphatic heterocycles. The predicted molar refractivity (Wildman–Crippen MR) is 89.5 cm³/mol. The van der Waals surface area contributed by atoms with Crippen LogP contribution >= 0.6 is 0 Å². The molecule has 1 aromatic heterocycles. The van der Waals surface area contributed by atoms with Crippen molar-refractivity contribution in [3.05, 3.63) is 18.0 Å². The highest BCUT2D eigenvalue weighted by Crippen LogP contribution is 2.41. The molecule has 3 heteroatoms. The number of rotatable bonds is 7. The standard InChI is InChI=1S/C18H33N3/c1-5-15-7-8-16(11-19-10-14(3)4)18(9-15)17-12-20-21(6-2)13-17/h12-16,18-19H,5-11H2,1-4H3. The summed E-state index contributed by atoms with van der Waals surface area (Å²) in [6.07, 6.45) is 9.83. The zero-order valence-corrected chi connectivity index (χ0v) is 14.3. The van der Waals surface area contributed by atoms with E-state index in [2.05, 4.69) is 55.2 Å². The van der Waals surface area contributed by atoms with Gasteiger partial charge in [0.1, 0.15) is 0 Å². The van der Waals surface area contributed by atoms with Crippen LogP contribution in [0.5, 0.6) is 0 Å². The van der Waals surface area contributed by atoms with Crippen molar-refractivity contribution >= 4 is 0 Å². The largest absolute Gasteiger partial charge is 0.316 e. The van der Waals surface area contributed by atoms with E-state index in [4.69, 9.17) is 0 Å². The Labute approximate surface area is 130 Å². The molecule has 0 spiro atoms. The lowest BCUT2D eigenvalue weighted by atomic mass is 9.71. The van der Waals surface area contributed by atoms with Gasteiger partial charge in [-0.2, -0.15) is 5.10 Å². The van der Waals surface area contributed by atoms with Crippen molar-refractivity contribution in [1.82, 2.24) is 15.1 Å². The molecule has 3 atom stereocenters. The molecule has 0 aromatic carbocycles. The van der Waals surface area contributed by atoms with Crippen molar-refractivity contribution in [3.8, 4) is 0 Å². The zero-order chi connectivity index (χ0) is 15.2. The molecule has 1 N–H and O–H groups in total. The quantitative estimate of drug-likeness (QED) is 0.821. The minimum atomic E-state index is 0.698. The second kappa shape index (κ2) is 7.98. The van der Waals surface area contributed by atoms with Crippen molar-refractivity contribution < 1.29 is 0 Å². The van der Waals surface area contributed by atoms with E-state index in [0.717, 1.165) is 37.4 Å². The molecule has 1 heterocycles. The Kier molecular flexibility index (Phi) is 6.28. The number of hydrogen-bond acceptors (Lipinski definition) is 2. The van der Waals surface area contributed by atoms with Crippen molar-refractivity contribution in [1.29, 1.82) is 0 Å². The summed E-state index contributed by atoms with van der Waals surface area (Å²) in [5.41, 5.74) is 1.46. The predicted octanol–water partition coefficient (Wildman–Crippen LogP) is 4.06. The summed E-state index contributed by atoms with van der Waals surface area (Å²) in [6, 6.07) is 0. The van der Waals surface area contributed by atoms with Crippen LogP contribution < -0.4 is 5.32 Å². The van der Waals surface area contributed by atoms with Crippen LogP contribution in [0, 0.1) is 17.8 Å². The molecule has 3 nitrogen and oxygen atoms in total. The normalized spacial score (nSPS) is 26.4. The maximum atomic E-state index is 4.50. The van der Waals surface area contributed by atoms with E-state index in [0.29, 0.717) is 5.92 Å². The highest BCUT2D eigenvalue weighted by atomic mass is 15.3. The molecular formula is C18H33N3. The van der Waals surface area contributed by atoms with Gasteiger partial charge in [-0.25, -0.2) is 0 Å². The SMILES string of the molecule is CCC1CCC(CNCC(C)C)C(c2cnn(CC)c2)C1. The van der Waals surface area contributed by atoms with Crippen molar-refractivity contribution in [3.63, 3.8) is 0 Å². The van der Waals surface area contributed by atoms with Crippen LogP contribution in [0.3, 0.4) is 0 Å². The van der Waals surface area contributed by atoms with Crippen LogP contribution in [0.2, 0.25) is 0 Å². The fourth-order valence-electron chi connectivity index (χ4n) is 3.65. The Morgan fingerprint density at radius 2 is 2.14 bits per heavy atom. The second-order valence-corrected chi connectivity index (χ2v) is 7.14. The van der Waals surface area contributed by atoms with E-state index >= 15 is 0 Å². The molecule has 0 saturated heterocycles. The molecule has 0 bridgehead atoms. The van der Waals surface area contributed by atoms with E-state index in [1.807, 2.05) is 0 Å². The van der Waals surface area contributed by atoms with E-state index in [9.17, 15) is 0 Å². The summed E-state index contributed by atoms with van der Waals surface area (Å²) < 4.78 is 2.07. The van der Waals surface area contributed by atoms with Crippen LogP contribution in [0.15, 0.2) is 12.4 Å². The summed E-state index contributed by atoms with van der Waals surface area (Å²) in [5.74, 6) is 3.12. The van der Waals surface area contributed by atoms with Gasteiger partial charge < -0.3 is 5.32 Å². The third-order valence-corrected chi connectivity index (χ3v) is 5.04. The molecule has 1 fully saturated rings. The Morgan fingerprint density at radius 1 is 1.33 bits per heavy atom. The van der Waals surface area contributed by atoms with Crippen LogP contribution in [-0.2, 0) is 6.54 Å². The number of nitrogens with zero attached hydrogens (tertiary/aromatic N) is 2. The summed E-state index contributed by atoms with van der Waals surface area (Å²) in [6.45, 7) is 12.3. The minimum Gasteiger partial charge on any atom is -0.316 e. The highest BCUT2D eigenvalue weighted by Gasteiger charge is 2.31. The monoisotopic (exact) mass is 291 g/mol. The number of nitrogens with one attached hydrogen (secondary N) is 1. The summed E-state index contributed by atoms with van der Waals surface area (Å²) in [7, 11) is 0. The Morgan fingerprint density at radius 3 is 2.76 bits per heavy atom. The Hall–Kier alpha value is -0.830. The fourth-order valence-corrected chi connectivity index (χ4v) is 3.65. The molecule has 2 rings (SSSR count). The first kappa shape index (κ1) is 16.5. The molecule has 1 aliphatic carbocycles. The topological polar surface area (TPSA) is 29.9 Å². The van der Waals surface area contributed by atoms with Gasteiger partial charge in [-0.05, 0) is 62.1 Å². The van der Waals surface area contributed by atoms with Gasteiger partial charge in [0.15, 0.2) is 0 Å². The highest BCUT2D eigenvalue weighted by molar-refractivity contribution is 5.14. The van der Waals surface area contributed by atoms with Gasteiger partial charge in [0, 0.05) is 12.7 Å². The summed E-state index contributed by atoms with van der Waals surface area (Å²) >= 11 is 0. The molecule has 0 amide bonds. The van der Waals surface area contributed by atoms with Gasteiger partial charge in [-0.15, -0.1) is 0 Å². The van der Waals surface area contributed by atoms with E-state index in [1.54, 1.807) is 0 Å². The van der Waals surface area contributed by atoms with Gasteiger partial charge in [0.2, 0.25) is 0 Å². The van der Waals surface area contributed by atoms with Gasteiger partial charge in [-0.3, -0.25) is 4.68 Å². The van der Waals surface area contributed by atoms with Crippen molar-refractivity contribution in [2.45, 2.75) is 65.8 Å². The zero-order valence-electron chi connectivity index (χ0n) is 14.3. The lowest BCUT2D eigenvalue weighted by Crippen LogP contribution is -2.33. The van der Waals surface area contributed by atoms with Crippen LogP contribution in [0.25, 0.3) is 0 Å². The Balaban J connectivity index is 2.02. The van der Waals surface area contributed by atoms with Gasteiger partial charge in [-0.1, -0.05) is 33.6 Å². The molecule has 1 aromatic rings. The molecule has 0 radical (unpaired) electrons. The number of aryl methyl sites for hydroxylation is 1. The molecule has 1 aliphatic rings. The first-order valence-corrected chi connectivity index (χ1v) is 8.87. The number of hydrogen-bond donors (Lipinski definition) is 1. The molecule has 3 unspecified atom stereocenters. The van der Waals surface area contributed by atoms with Crippen LogP contribution in [0.1, 0.15) is 64.9 Å². The lowest BCUT2D eigenvalue weighted by molar-refractivity contribution is 0.224. The maximum absolute atomic E-state index is 4.50. The molecule has 120 valence electrons. The minimum absolute atomic E-state index is 0.698. The fraction of sp³-hybridized carbons (Fsp3) is 0.833.